The molecule has 1 heterocycles. The number of fused-ring (bicyclic) bond motifs is 1. The van der Waals surface area contributed by atoms with Crippen molar-refractivity contribution in [2.75, 3.05) is 0 Å². The van der Waals surface area contributed by atoms with Gasteiger partial charge in [-0.25, -0.2) is 0 Å². The van der Waals surface area contributed by atoms with E-state index in [1.165, 1.54) is 0 Å². The molecule has 1 aromatic carbocycles. The van der Waals surface area contributed by atoms with Crippen LogP contribution in [-0.2, 0) is 17.3 Å². The van der Waals surface area contributed by atoms with Crippen molar-refractivity contribution in [3.05, 3.63) is 28.4 Å². The summed E-state index contributed by atoms with van der Waals surface area (Å²) in [6.07, 6.45) is 3.37. The monoisotopic (exact) mass is 322 g/mol. The Morgan fingerprint density at radius 3 is 2.74 bits per heavy atom. The highest BCUT2D eigenvalue weighted by molar-refractivity contribution is 9.10. The van der Waals surface area contributed by atoms with E-state index in [0.717, 1.165) is 33.9 Å². The van der Waals surface area contributed by atoms with E-state index in [-0.39, 0.29) is 0 Å². The molecule has 0 aliphatic heterocycles. The minimum atomic E-state index is -0.745. The predicted molar refractivity (Wildman–Crippen MR) is 76.2 cm³/mol. The van der Waals surface area contributed by atoms with Crippen molar-refractivity contribution in [2.24, 2.45) is 7.05 Å². The molecule has 4 nitrogen and oxygen atoms in total. The lowest BCUT2D eigenvalue weighted by Gasteiger charge is -2.25. The summed E-state index contributed by atoms with van der Waals surface area (Å²) in [5.41, 5.74) is 1.12. The number of aromatic nitrogens is 2. The van der Waals surface area contributed by atoms with Crippen LogP contribution in [0, 0.1) is 0 Å². The minimum absolute atomic E-state index is 0.711. The van der Waals surface area contributed by atoms with Crippen molar-refractivity contribution in [3.63, 3.8) is 0 Å². The molecular formula is C14H15BrN2O2. The van der Waals surface area contributed by atoms with Gasteiger partial charge in [-0.2, -0.15) is 5.10 Å². The summed E-state index contributed by atoms with van der Waals surface area (Å²) in [5.74, 6) is -0.715. The second kappa shape index (κ2) is 4.34. The zero-order valence-electron chi connectivity index (χ0n) is 10.7. The first-order valence-corrected chi connectivity index (χ1v) is 7.21. The van der Waals surface area contributed by atoms with E-state index in [2.05, 4.69) is 21.0 Å². The molecule has 0 unspecified atom stereocenters. The first-order valence-electron chi connectivity index (χ1n) is 6.41. The molecule has 1 aliphatic rings. The Kier molecular flexibility index (Phi) is 2.89. The van der Waals surface area contributed by atoms with Crippen LogP contribution in [-0.4, -0.2) is 20.9 Å². The molecule has 0 spiro atoms. The number of carboxylic acid groups (broad SMARTS) is 1. The van der Waals surface area contributed by atoms with Gasteiger partial charge in [-0.3, -0.25) is 9.48 Å². The average molecular weight is 323 g/mol. The fraction of sp³-hybridized carbons (Fsp3) is 0.429. The van der Waals surface area contributed by atoms with Crippen LogP contribution in [0.25, 0.3) is 10.9 Å². The number of aliphatic carboxylic acids is 1. The molecule has 1 aromatic heterocycles. The maximum atomic E-state index is 11.8. The van der Waals surface area contributed by atoms with Gasteiger partial charge < -0.3 is 5.11 Å². The lowest BCUT2D eigenvalue weighted by atomic mass is 9.77. The maximum absolute atomic E-state index is 11.8. The zero-order chi connectivity index (χ0) is 13.6. The summed E-state index contributed by atoms with van der Waals surface area (Å²) >= 11 is 3.46. The van der Waals surface area contributed by atoms with Gasteiger partial charge >= 0.3 is 5.97 Å². The van der Waals surface area contributed by atoms with Crippen molar-refractivity contribution < 1.29 is 9.90 Å². The number of benzene rings is 1. The third-order valence-corrected chi connectivity index (χ3v) is 4.77. The average Bonchev–Trinajstić information content (AvgIpc) is 2.97. The Labute approximate surface area is 119 Å². The van der Waals surface area contributed by atoms with E-state index in [9.17, 15) is 9.90 Å². The molecule has 2 aromatic rings. The number of nitrogens with zero attached hydrogens (tertiary/aromatic N) is 2. The van der Waals surface area contributed by atoms with E-state index in [0.29, 0.717) is 12.8 Å². The number of rotatable bonds is 2. The van der Waals surface area contributed by atoms with Gasteiger partial charge in [0, 0.05) is 12.4 Å². The van der Waals surface area contributed by atoms with Crippen LogP contribution in [0.1, 0.15) is 31.2 Å². The molecule has 1 aliphatic carbocycles. The second-order valence-corrected chi connectivity index (χ2v) is 5.96. The van der Waals surface area contributed by atoms with E-state index < -0.39 is 11.4 Å². The maximum Gasteiger partial charge on any atom is 0.314 e. The van der Waals surface area contributed by atoms with Gasteiger partial charge in [-0.1, -0.05) is 25.0 Å². The zero-order valence-corrected chi connectivity index (χ0v) is 12.3. The minimum Gasteiger partial charge on any atom is -0.481 e. The van der Waals surface area contributed by atoms with Crippen molar-refractivity contribution in [1.82, 2.24) is 9.78 Å². The molecule has 5 heteroatoms. The van der Waals surface area contributed by atoms with Gasteiger partial charge in [-0.05, 0) is 40.4 Å². The molecule has 1 fully saturated rings. The molecule has 1 N–H and O–H groups in total. The van der Waals surface area contributed by atoms with E-state index >= 15 is 0 Å². The first-order chi connectivity index (χ1) is 9.06. The lowest BCUT2D eigenvalue weighted by Crippen LogP contribution is -2.32. The Morgan fingerprint density at radius 2 is 2.11 bits per heavy atom. The third kappa shape index (κ3) is 1.71. The molecule has 0 radical (unpaired) electrons. The van der Waals surface area contributed by atoms with E-state index in [4.69, 9.17) is 0 Å². The Bertz CT molecular complexity index is 657. The SMILES string of the molecule is Cn1nc(Br)c2c(C3(C(=O)O)CCCC3)cccc21. The lowest BCUT2D eigenvalue weighted by molar-refractivity contribution is -0.143. The predicted octanol–water partition coefficient (Wildman–Crippen LogP) is 3.23. The number of carbonyl (C=O) groups is 1. The summed E-state index contributed by atoms with van der Waals surface area (Å²) in [6.45, 7) is 0. The van der Waals surface area contributed by atoms with Crippen LogP contribution >= 0.6 is 15.9 Å². The fourth-order valence-electron chi connectivity index (χ4n) is 3.24. The highest BCUT2D eigenvalue weighted by Gasteiger charge is 2.44. The summed E-state index contributed by atoms with van der Waals surface area (Å²) in [5, 5.41) is 15.0. The van der Waals surface area contributed by atoms with Crippen molar-refractivity contribution in [1.29, 1.82) is 0 Å². The van der Waals surface area contributed by atoms with Gasteiger partial charge in [0.1, 0.15) is 4.60 Å². The van der Waals surface area contributed by atoms with Crippen molar-refractivity contribution in [3.8, 4) is 0 Å². The van der Waals surface area contributed by atoms with Gasteiger partial charge in [0.05, 0.1) is 10.9 Å². The number of halogens is 1. The van der Waals surface area contributed by atoms with Crippen molar-refractivity contribution in [2.45, 2.75) is 31.1 Å². The quantitative estimate of drug-likeness (QED) is 0.923. The third-order valence-electron chi connectivity index (χ3n) is 4.22. The number of carboxylic acids is 1. The molecule has 1 saturated carbocycles. The van der Waals surface area contributed by atoms with Crippen LogP contribution in [0.15, 0.2) is 22.8 Å². The summed E-state index contributed by atoms with van der Waals surface area (Å²) in [6, 6.07) is 5.84. The fourth-order valence-corrected chi connectivity index (χ4v) is 3.89. The molecule has 3 rings (SSSR count). The number of hydrogen-bond acceptors (Lipinski definition) is 2. The second-order valence-electron chi connectivity index (χ2n) is 5.21. The Morgan fingerprint density at radius 1 is 1.42 bits per heavy atom. The molecule has 100 valence electrons. The highest BCUT2D eigenvalue weighted by Crippen LogP contribution is 2.45. The molecule has 0 saturated heterocycles. The standard InChI is InChI=1S/C14H15BrN2O2/c1-17-10-6-4-5-9(11(10)12(15)16-17)14(13(18)19)7-2-3-8-14/h4-6H,2-3,7-8H2,1H3,(H,18,19). The molecule has 0 bridgehead atoms. The van der Waals surface area contributed by atoms with Gasteiger partial charge in [0.15, 0.2) is 0 Å². The van der Waals surface area contributed by atoms with Gasteiger partial charge in [0.2, 0.25) is 0 Å². The Hall–Kier alpha value is -1.36. The van der Waals surface area contributed by atoms with Crippen molar-refractivity contribution >= 4 is 32.8 Å². The topological polar surface area (TPSA) is 55.1 Å². The van der Waals surface area contributed by atoms with Crippen LogP contribution in [0.3, 0.4) is 0 Å². The van der Waals surface area contributed by atoms with Crippen LogP contribution in [0.2, 0.25) is 0 Å². The number of aryl methyl sites for hydroxylation is 1. The summed E-state index contributed by atoms with van der Waals surface area (Å²) in [7, 11) is 1.87. The largest absolute Gasteiger partial charge is 0.481 e. The van der Waals surface area contributed by atoms with Gasteiger partial charge in [-0.15, -0.1) is 0 Å². The van der Waals surface area contributed by atoms with E-state index in [1.807, 2.05) is 25.2 Å². The molecule has 19 heavy (non-hydrogen) atoms. The normalized spacial score (nSPS) is 18.0. The van der Waals surface area contributed by atoms with Gasteiger partial charge in [0.25, 0.3) is 0 Å². The van der Waals surface area contributed by atoms with Crippen LogP contribution in [0.4, 0.5) is 0 Å². The molecule has 0 atom stereocenters. The first kappa shape index (κ1) is 12.7. The summed E-state index contributed by atoms with van der Waals surface area (Å²) in [4.78, 5) is 11.8. The molecule has 0 amide bonds. The molecular weight excluding hydrogens is 308 g/mol. The van der Waals surface area contributed by atoms with E-state index in [1.54, 1.807) is 4.68 Å². The smallest absolute Gasteiger partial charge is 0.314 e. The summed E-state index contributed by atoms with van der Waals surface area (Å²) < 4.78 is 2.51. The highest BCUT2D eigenvalue weighted by atomic mass is 79.9. The Balaban J connectivity index is 2.33. The van der Waals surface area contributed by atoms with Crippen LogP contribution < -0.4 is 0 Å². The number of hydrogen-bond donors (Lipinski definition) is 1. The van der Waals surface area contributed by atoms with Crippen LogP contribution in [0.5, 0.6) is 0 Å².